The molecule has 1 unspecified atom stereocenters. The minimum atomic E-state index is -0.720. The first kappa shape index (κ1) is 11.3. The van der Waals surface area contributed by atoms with Gasteiger partial charge in [-0.05, 0) is 30.5 Å². The molecule has 5 nitrogen and oxygen atoms in total. The standard InChI is InChI=1S/C13H15NO4/c15-10(6-14-13(16)8-1-2-8)9-3-4-11-12(5-9)18-7-17-11/h3-5,8,10,15H,1-2,6-7H2,(H,14,16). The summed E-state index contributed by atoms with van der Waals surface area (Å²) in [7, 11) is 0. The van der Waals surface area contributed by atoms with Gasteiger partial charge in [-0.1, -0.05) is 6.07 Å². The lowest BCUT2D eigenvalue weighted by Gasteiger charge is -2.12. The Labute approximate surface area is 105 Å². The summed E-state index contributed by atoms with van der Waals surface area (Å²) in [5.41, 5.74) is 0.718. The molecule has 5 heteroatoms. The van der Waals surface area contributed by atoms with Crippen molar-refractivity contribution < 1.29 is 19.4 Å². The Balaban J connectivity index is 1.61. The number of aliphatic hydroxyl groups is 1. The van der Waals surface area contributed by atoms with Crippen LogP contribution in [0.1, 0.15) is 24.5 Å². The summed E-state index contributed by atoms with van der Waals surface area (Å²) in [5, 5.41) is 12.7. The third kappa shape index (κ3) is 2.26. The van der Waals surface area contributed by atoms with Crippen molar-refractivity contribution in [2.75, 3.05) is 13.3 Å². The maximum absolute atomic E-state index is 11.5. The highest BCUT2D eigenvalue weighted by Gasteiger charge is 2.29. The first-order valence-electron chi connectivity index (χ1n) is 6.09. The number of hydrogen-bond acceptors (Lipinski definition) is 4. The minimum Gasteiger partial charge on any atom is -0.454 e. The molecule has 3 rings (SSSR count). The Bertz CT molecular complexity index is 470. The molecule has 1 heterocycles. The molecule has 2 N–H and O–H groups in total. The molecule has 0 radical (unpaired) electrons. The molecule has 1 saturated carbocycles. The van der Waals surface area contributed by atoms with Gasteiger partial charge in [-0.2, -0.15) is 0 Å². The number of aliphatic hydroxyl groups excluding tert-OH is 1. The topological polar surface area (TPSA) is 67.8 Å². The van der Waals surface area contributed by atoms with Gasteiger partial charge in [-0.3, -0.25) is 4.79 Å². The van der Waals surface area contributed by atoms with Gasteiger partial charge in [0.1, 0.15) is 0 Å². The SMILES string of the molecule is O=C(NCC(O)c1ccc2c(c1)OCO2)C1CC1. The molecule has 0 aromatic heterocycles. The van der Waals surface area contributed by atoms with Crippen LogP contribution >= 0.6 is 0 Å². The van der Waals surface area contributed by atoms with Gasteiger partial charge < -0.3 is 19.9 Å². The van der Waals surface area contributed by atoms with Gasteiger partial charge in [0.2, 0.25) is 12.7 Å². The lowest BCUT2D eigenvalue weighted by molar-refractivity contribution is -0.122. The van der Waals surface area contributed by atoms with E-state index in [4.69, 9.17) is 9.47 Å². The van der Waals surface area contributed by atoms with Crippen molar-refractivity contribution >= 4 is 5.91 Å². The highest BCUT2D eigenvalue weighted by atomic mass is 16.7. The predicted molar refractivity (Wildman–Crippen MR) is 63.3 cm³/mol. The lowest BCUT2D eigenvalue weighted by Crippen LogP contribution is -2.29. The summed E-state index contributed by atoms with van der Waals surface area (Å²) >= 11 is 0. The molecular formula is C13H15NO4. The summed E-state index contributed by atoms with van der Waals surface area (Å²) in [4.78, 5) is 11.5. The molecule has 2 aliphatic rings. The van der Waals surface area contributed by atoms with Gasteiger partial charge in [-0.15, -0.1) is 0 Å². The van der Waals surface area contributed by atoms with E-state index >= 15 is 0 Å². The first-order chi connectivity index (χ1) is 8.74. The van der Waals surface area contributed by atoms with E-state index in [1.54, 1.807) is 18.2 Å². The molecule has 18 heavy (non-hydrogen) atoms. The van der Waals surface area contributed by atoms with E-state index in [2.05, 4.69) is 5.32 Å². The fraction of sp³-hybridized carbons (Fsp3) is 0.462. The van der Waals surface area contributed by atoms with Crippen molar-refractivity contribution in [1.82, 2.24) is 5.32 Å². The fourth-order valence-electron chi connectivity index (χ4n) is 1.93. The van der Waals surface area contributed by atoms with E-state index in [0.717, 1.165) is 18.4 Å². The number of carbonyl (C=O) groups is 1. The van der Waals surface area contributed by atoms with E-state index in [1.807, 2.05) is 0 Å². The van der Waals surface area contributed by atoms with Gasteiger partial charge in [0.05, 0.1) is 6.10 Å². The second-order valence-electron chi connectivity index (χ2n) is 4.65. The van der Waals surface area contributed by atoms with Gasteiger partial charge in [-0.25, -0.2) is 0 Å². The summed E-state index contributed by atoms with van der Waals surface area (Å²) in [6, 6.07) is 5.29. The van der Waals surface area contributed by atoms with E-state index in [9.17, 15) is 9.90 Å². The highest BCUT2D eigenvalue weighted by Crippen LogP contribution is 2.34. The van der Waals surface area contributed by atoms with E-state index in [0.29, 0.717) is 11.5 Å². The molecule has 96 valence electrons. The Morgan fingerprint density at radius 3 is 2.94 bits per heavy atom. The van der Waals surface area contributed by atoms with Gasteiger partial charge in [0, 0.05) is 12.5 Å². The third-order valence-corrected chi connectivity index (χ3v) is 3.20. The van der Waals surface area contributed by atoms with Gasteiger partial charge in [0.15, 0.2) is 11.5 Å². The quantitative estimate of drug-likeness (QED) is 0.834. The number of hydrogen-bond donors (Lipinski definition) is 2. The number of carbonyl (C=O) groups excluding carboxylic acids is 1. The summed E-state index contributed by atoms with van der Waals surface area (Å²) in [6.45, 7) is 0.447. The monoisotopic (exact) mass is 249 g/mol. The van der Waals surface area contributed by atoms with Crippen molar-refractivity contribution in [1.29, 1.82) is 0 Å². The Morgan fingerprint density at radius 1 is 1.39 bits per heavy atom. The van der Waals surface area contributed by atoms with Gasteiger partial charge in [0.25, 0.3) is 0 Å². The van der Waals surface area contributed by atoms with Crippen molar-refractivity contribution in [2.45, 2.75) is 18.9 Å². The third-order valence-electron chi connectivity index (χ3n) is 3.20. The van der Waals surface area contributed by atoms with Crippen LogP contribution in [0.2, 0.25) is 0 Å². The number of ether oxygens (including phenoxy) is 2. The molecule has 1 aliphatic carbocycles. The van der Waals surface area contributed by atoms with Crippen LogP contribution in [0.15, 0.2) is 18.2 Å². The second-order valence-corrected chi connectivity index (χ2v) is 4.65. The van der Waals surface area contributed by atoms with E-state index < -0.39 is 6.10 Å². The average molecular weight is 249 g/mol. The number of rotatable bonds is 4. The van der Waals surface area contributed by atoms with Crippen LogP contribution in [0.4, 0.5) is 0 Å². The molecule has 1 amide bonds. The molecular weight excluding hydrogens is 234 g/mol. The van der Waals surface area contributed by atoms with Crippen LogP contribution in [0.5, 0.6) is 11.5 Å². The second kappa shape index (κ2) is 4.49. The zero-order chi connectivity index (χ0) is 12.5. The molecule has 0 saturated heterocycles. The molecule has 1 aromatic rings. The van der Waals surface area contributed by atoms with Crippen LogP contribution in [0.25, 0.3) is 0 Å². The van der Waals surface area contributed by atoms with Crippen LogP contribution < -0.4 is 14.8 Å². The van der Waals surface area contributed by atoms with Crippen molar-refractivity contribution in [2.24, 2.45) is 5.92 Å². The predicted octanol–water partition coefficient (Wildman–Crippen LogP) is 0.975. The molecule has 1 fully saturated rings. The maximum Gasteiger partial charge on any atom is 0.231 e. The van der Waals surface area contributed by atoms with Crippen LogP contribution in [-0.2, 0) is 4.79 Å². The zero-order valence-corrected chi connectivity index (χ0v) is 9.89. The smallest absolute Gasteiger partial charge is 0.231 e. The number of benzene rings is 1. The van der Waals surface area contributed by atoms with Crippen LogP contribution in [-0.4, -0.2) is 24.4 Å². The number of amides is 1. The first-order valence-corrected chi connectivity index (χ1v) is 6.09. The number of nitrogens with one attached hydrogen (secondary N) is 1. The zero-order valence-electron chi connectivity index (χ0n) is 9.89. The van der Waals surface area contributed by atoms with Crippen LogP contribution in [0.3, 0.4) is 0 Å². The average Bonchev–Trinajstić information content (AvgIpc) is 3.13. The lowest BCUT2D eigenvalue weighted by atomic mass is 10.1. The van der Waals surface area contributed by atoms with Crippen LogP contribution in [0, 0.1) is 5.92 Å². The number of fused-ring (bicyclic) bond motifs is 1. The molecule has 1 atom stereocenters. The highest BCUT2D eigenvalue weighted by molar-refractivity contribution is 5.80. The Hall–Kier alpha value is -1.75. The fourth-order valence-corrected chi connectivity index (χ4v) is 1.93. The van der Waals surface area contributed by atoms with E-state index in [1.165, 1.54) is 0 Å². The van der Waals surface area contributed by atoms with Crippen molar-refractivity contribution in [3.05, 3.63) is 23.8 Å². The van der Waals surface area contributed by atoms with Crippen molar-refractivity contribution in [3.63, 3.8) is 0 Å². The maximum atomic E-state index is 11.5. The molecule has 1 aliphatic heterocycles. The van der Waals surface area contributed by atoms with Gasteiger partial charge >= 0.3 is 0 Å². The normalized spacial score (nSPS) is 18.5. The molecule has 0 spiro atoms. The summed E-state index contributed by atoms with van der Waals surface area (Å²) in [5.74, 6) is 1.52. The van der Waals surface area contributed by atoms with E-state index in [-0.39, 0.29) is 25.2 Å². The summed E-state index contributed by atoms with van der Waals surface area (Å²) < 4.78 is 10.4. The Morgan fingerprint density at radius 2 is 2.17 bits per heavy atom. The van der Waals surface area contributed by atoms with Crippen molar-refractivity contribution in [3.8, 4) is 11.5 Å². The molecule has 1 aromatic carbocycles. The molecule has 0 bridgehead atoms. The Kier molecular flexibility index (Phi) is 2.83. The minimum absolute atomic E-state index is 0.0368. The summed E-state index contributed by atoms with van der Waals surface area (Å²) in [6.07, 6.45) is 1.21. The largest absolute Gasteiger partial charge is 0.454 e.